The summed E-state index contributed by atoms with van der Waals surface area (Å²) in [5.41, 5.74) is 9.39. The molecule has 0 unspecified atom stereocenters. The Hall–Kier alpha value is -3.70. The zero-order valence-electron chi connectivity index (χ0n) is 16.7. The van der Waals surface area contributed by atoms with E-state index in [4.69, 9.17) is 17.3 Å². The van der Waals surface area contributed by atoms with Gasteiger partial charge in [-0.05, 0) is 71.8 Å². The maximum absolute atomic E-state index is 14.5. The van der Waals surface area contributed by atoms with Crippen LogP contribution in [0.3, 0.4) is 0 Å². The zero-order valence-corrected chi connectivity index (χ0v) is 17.5. The molecule has 3 nitrogen and oxygen atoms in total. The van der Waals surface area contributed by atoms with Gasteiger partial charge in [0, 0.05) is 26.9 Å². The molecule has 0 saturated carbocycles. The molecule has 5 rings (SSSR count). The van der Waals surface area contributed by atoms with Gasteiger partial charge in [0.2, 0.25) is 5.91 Å². The Bertz CT molecular complexity index is 1510. The number of aromatic nitrogens is 1. The van der Waals surface area contributed by atoms with E-state index in [-0.39, 0.29) is 12.1 Å². The van der Waals surface area contributed by atoms with Gasteiger partial charge in [-0.2, -0.15) is 0 Å². The number of carbonyl (C=O) groups excluding carboxylic acids is 1. The molecule has 0 atom stereocenters. The van der Waals surface area contributed by atoms with Gasteiger partial charge in [0.25, 0.3) is 0 Å². The highest BCUT2D eigenvalue weighted by Crippen LogP contribution is 2.35. The molecule has 5 aromatic rings. The van der Waals surface area contributed by atoms with Crippen LogP contribution in [0, 0.1) is 17.7 Å². The number of carbonyl (C=O) groups is 1. The summed E-state index contributed by atoms with van der Waals surface area (Å²) in [6.45, 7) is 0.0731. The molecule has 1 aromatic heterocycles. The lowest BCUT2D eigenvalue weighted by Gasteiger charge is -2.10. The zero-order chi connectivity index (χ0) is 22.4. The number of nitrogens with two attached hydrogens (primary N) is 1. The monoisotopic (exact) mass is 445 g/mol. The number of hydrogen-bond donors (Lipinski definition) is 1. The molecule has 1 radical (unpaired) electrons. The van der Waals surface area contributed by atoms with Crippen LogP contribution < -0.4 is 5.73 Å². The third kappa shape index (κ3) is 3.41. The van der Waals surface area contributed by atoms with Crippen LogP contribution in [-0.2, 0) is 6.54 Å². The quantitative estimate of drug-likeness (QED) is 0.344. The lowest BCUT2D eigenvalue weighted by atomic mass is 10.0. The van der Waals surface area contributed by atoms with Gasteiger partial charge in [0.05, 0.1) is 17.6 Å². The summed E-state index contributed by atoms with van der Waals surface area (Å²) in [5, 5.41) is 1.94. The highest BCUT2D eigenvalue weighted by molar-refractivity contribution is 6.30. The van der Waals surface area contributed by atoms with E-state index in [9.17, 15) is 13.6 Å². The lowest BCUT2D eigenvalue weighted by molar-refractivity contribution is 0.100. The van der Waals surface area contributed by atoms with E-state index in [1.165, 1.54) is 6.07 Å². The van der Waals surface area contributed by atoms with Crippen LogP contribution in [0.4, 0.5) is 8.78 Å². The fourth-order valence-electron chi connectivity index (χ4n) is 4.08. The molecular formula is C26H16ClF2N2O. The third-order valence-electron chi connectivity index (χ3n) is 5.57. The molecule has 0 fully saturated rings. The maximum atomic E-state index is 14.5. The van der Waals surface area contributed by atoms with Gasteiger partial charge >= 0.3 is 0 Å². The molecule has 2 N–H and O–H groups in total. The van der Waals surface area contributed by atoms with Gasteiger partial charge in [-0.1, -0.05) is 29.8 Å². The molecule has 4 aromatic carbocycles. The predicted octanol–water partition coefficient (Wildman–Crippen LogP) is 6.34. The average molecular weight is 446 g/mol. The SMILES string of the molecule is NC(=O)c1cccc2c1c1[c]cc(-c3ccc(Cl)cc3)cc1n2Cc1cc(F)ccc1F. The van der Waals surface area contributed by atoms with Crippen molar-refractivity contribution in [2.24, 2.45) is 5.73 Å². The van der Waals surface area contributed by atoms with Crippen molar-refractivity contribution in [3.63, 3.8) is 0 Å². The molecule has 1 amide bonds. The van der Waals surface area contributed by atoms with Gasteiger partial charge < -0.3 is 10.3 Å². The highest BCUT2D eigenvalue weighted by Gasteiger charge is 2.18. The molecule has 0 aliphatic heterocycles. The molecule has 6 heteroatoms. The van der Waals surface area contributed by atoms with Crippen LogP contribution in [0.5, 0.6) is 0 Å². The molecular weight excluding hydrogens is 430 g/mol. The summed E-state index contributed by atoms with van der Waals surface area (Å²) in [6, 6.07) is 23.0. The van der Waals surface area contributed by atoms with Crippen molar-refractivity contribution in [2.45, 2.75) is 6.54 Å². The molecule has 32 heavy (non-hydrogen) atoms. The van der Waals surface area contributed by atoms with E-state index >= 15 is 0 Å². The minimum atomic E-state index is -0.568. The van der Waals surface area contributed by atoms with Crippen LogP contribution in [0.15, 0.2) is 72.8 Å². The summed E-state index contributed by atoms with van der Waals surface area (Å²) >= 11 is 6.02. The predicted molar refractivity (Wildman–Crippen MR) is 123 cm³/mol. The van der Waals surface area contributed by atoms with E-state index in [1.807, 2.05) is 34.9 Å². The largest absolute Gasteiger partial charge is 0.366 e. The number of benzene rings is 4. The summed E-state index contributed by atoms with van der Waals surface area (Å²) in [4.78, 5) is 12.1. The highest BCUT2D eigenvalue weighted by atomic mass is 35.5. The molecule has 0 aliphatic carbocycles. The van der Waals surface area contributed by atoms with Crippen LogP contribution in [0.2, 0.25) is 5.02 Å². The Morgan fingerprint density at radius 1 is 0.969 bits per heavy atom. The Balaban J connectivity index is 1.81. The maximum Gasteiger partial charge on any atom is 0.249 e. The molecule has 157 valence electrons. The van der Waals surface area contributed by atoms with Crippen molar-refractivity contribution in [1.82, 2.24) is 4.57 Å². The third-order valence-corrected chi connectivity index (χ3v) is 5.83. The first kappa shape index (κ1) is 20.2. The van der Waals surface area contributed by atoms with Crippen molar-refractivity contribution in [3.05, 3.63) is 107 Å². The average Bonchev–Trinajstić information content (AvgIpc) is 3.09. The summed E-state index contributed by atoms with van der Waals surface area (Å²) in [7, 11) is 0. The van der Waals surface area contributed by atoms with E-state index in [0.717, 1.165) is 28.8 Å². The number of amides is 1. The van der Waals surface area contributed by atoms with Gasteiger partial charge in [-0.25, -0.2) is 8.78 Å². The Morgan fingerprint density at radius 2 is 1.75 bits per heavy atom. The molecule has 0 spiro atoms. The van der Waals surface area contributed by atoms with Gasteiger partial charge in [-0.15, -0.1) is 0 Å². The number of halogens is 3. The molecule has 1 heterocycles. The summed E-state index contributed by atoms with van der Waals surface area (Å²) in [6.07, 6.45) is 0. The first-order valence-electron chi connectivity index (χ1n) is 9.88. The lowest BCUT2D eigenvalue weighted by Crippen LogP contribution is -2.11. The van der Waals surface area contributed by atoms with E-state index in [1.54, 1.807) is 24.3 Å². The van der Waals surface area contributed by atoms with Crippen molar-refractivity contribution < 1.29 is 13.6 Å². The number of primary amides is 1. The van der Waals surface area contributed by atoms with Crippen molar-refractivity contribution in [3.8, 4) is 11.1 Å². The Kier molecular flexibility index (Phi) is 4.91. The minimum absolute atomic E-state index is 0.0731. The van der Waals surface area contributed by atoms with Crippen LogP contribution >= 0.6 is 11.6 Å². The standard InChI is InChI=1S/C26H16ClF2N2O/c27-18-7-4-15(5-8-18)16-6-10-20-24(13-16)31(14-17-12-19(28)9-11-22(17)29)23-3-1-2-21(25(20)23)26(30)32/h1-9,11-13H,14H2,(H2,30,32). The van der Waals surface area contributed by atoms with Crippen molar-refractivity contribution in [1.29, 1.82) is 0 Å². The van der Waals surface area contributed by atoms with Gasteiger partial charge in [-0.3, -0.25) is 4.79 Å². The fraction of sp³-hybridized carbons (Fsp3) is 0.0385. The second-order valence-electron chi connectivity index (χ2n) is 7.54. The molecule has 0 saturated heterocycles. The molecule has 0 aliphatic rings. The smallest absolute Gasteiger partial charge is 0.249 e. The fourth-order valence-corrected chi connectivity index (χ4v) is 4.20. The summed E-state index contributed by atoms with van der Waals surface area (Å²) in [5.74, 6) is -1.60. The number of nitrogens with zero attached hydrogens (tertiary/aromatic N) is 1. The van der Waals surface area contributed by atoms with Crippen LogP contribution in [0.25, 0.3) is 32.9 Å². The van der Waals surface area contributed by atoms with Crippen LogP contribution in [0.1, 0.15) is 15.9 Å². The first-order valence-corrected chi connectivity index (χ1v) is 10.3. The van der Waals surface area contributed by atoms with E-state index < -0.39 is 17.5 Å². The topological polar surface area (TPSA) is 48.0 Å². The Labute approximate surface area is 187 Å². The Morgan fingerprint density at radius 3 is 2.50 bits per heavy atom. The summed E-state index contributed by atoms with van der Waals surface area (Å²) < 4.78 is 30.2. The number of fused-ring (bicyclic) bond motifs is 3. The number of hydrogen-bond acceptors (Lipinski definition) is 1. The van der Waals surface area contributed by atoms with E-state index in [2.05, 4.69) is 6.07 Å². The second kappa shape index (κ2) is 7.77. The molecule has 0 bridgehead atoms. The van der Waals surface area contributed by atoms with Crippen molar-refractivity contribution in [2.75, 3.05) is 0 Å². The minimum Gasteiger partial charge on any atom is -0.366 e. The second-order valence-corrected chi connectivity index (χ2v) is 7.98. The van der Waals surface area contributed by atoms with Gasteiger partial charge in [0.1, 0.15) is 11.6 Å². The van der Waals surface area contributed by atoms with Crippen LogP contribution in [-0.4, -0.2) is 10.5 Å². The van der Waals surface area contributed by atoms with Crippen molar-refractivity contribution >= 4 is 39.3 Å². The normalized spacial score (nSPS) is 11.3. The first-order chi connectivity index (χ1) is 15.4. The van der Waals surface area contributed by atoms with E-state index in [0.29, 0.717) is 26.9 Å². The van der Waals surface area contributed by atoms with Gasteiger partial charge in [0.15, 0.2) is 0 Å². The number of rotatable bonds is 4.